The summed E-state index contributed by atoms with van der Waals surface area (Å²) in [6, 6.07) is 1.25. The Hall–Kier alpha value is -0.720. The molecular formula is C10H11BrClF2NO2. The van der Waals surface area contributed by atoms with E-state index in [1.165, 1.54) is 13.2 Å². The van der Waals surface area contributed by atoms with Crippen LogP contribution in [0.15, 0.2) is 16.6 Å². The summed E-state index contributed by atoms with van der Waals surface area (Å²) in [5, 5.41) is 0. The molecule has 0 fully saturated rings. The van der Waals surface area contributed by atoms with E-state index in [2.05, 4.69) is 20.7 Å². The van der Waals surface area contributed by atoms with Crippen LogP contribution >= 0.6 is 28.3 Å². The summed E-state index contributed by atoms with van der Waals surface area (Å²) in [6.45, 7) is 0. The second-order valence-electron chi connectivity index (χ2n) is 3.14. The van der Waals surface area contributed by atoms with Gasteiger partial charge in [0.05, 0.1) is 18.0 Å². The number of rotatable bonds is 3. The van der Waals surface area contributed by atoms with Gasteiger partial charge in [0.25, 0.3) is 0 Å². The van der Waals surface area contributed by atoms with E-state index in [9.17, 15) is 13.6 Å². The molecule has 2 N–H and O–H groups in total. The summed E-state index contributed by atoms with van der Waals surface area (Å²) < 4.78 is 31.4. The van der Waals surface area contributed by atoms with Crippen molar-refractivity contribution in [2.75, 3.05) is 7.11 Å². The topological polar surface area (TPSA) is 52.3 Å². The number of nitrogens with two attached hydrogens (primary N) is 1. The van der Waals surface area contributed by atoms with Crippen molar-refractivity contribution in [1.82, 2.24) is 0 Å². The number of hydrogen-bond donors (Lipinski definition) is 1. The van der Waals surface area contributed by atoms with Crippen molar-refractivity contribution in [3.63, 3.8) is 0 Å². The monoisotopic (exact) mass is 329 g/mol. The van der Waals surface area contributed by atoms with Crippen molar-refractivity contribution in [3.8, 4) is 0 Å². The lowest BCUT2D eigenvalue weighted by atomic mass is 10.0. The molecule has 1 atom stereocenters. The van der Waals surface area contributed by atoms with Crippen molar-refractivity contribution >= 4 is 34.3 Å². The normalized spacial score (nSPS) is 11.6. The van der Waals surface area contributed by atoms with Gasteiger partial charge in [0, 0.05) is 11.6 Å². The van der Waals surface area contributed by atoms with Crippen molar-refractivity contribution in [3.05, 3.63) is 33.8 Å². The van der Waals surface area contributed by atoms with E-state index in [1.807, 2.05) is 0 Å². The maximum absolute atomic E-state index is 13.5. The van der Waals surface area contributed by atoms with Crippen LogP contribution in [0, 0.1) is 11.6 Å². The quantitative estimate of drug-likeness (QED) is 0.685. The molecule has 96 valence electrons. The fourth-order valence-corrected chi connectivity index (χ4v) is 1.59. The Kier molecular flexibility index (Phi) is 6.59. The number of halogens is 4. The van der Waals surface area contributed by atoms with E-state index in [1.54, 1.807) is 0 Å². The molecule has 0 radical (unpaired) electrons. The van der Waals surface area contributed by atoms with Gasteiger partial charge in [-0.2, -0.15) is 0 Å². The van der Waals surface area contributed by atoms with Gasteiger partial charge in [-0.3, -0.25) is 4.79 Å². The van der Waals surface area contributed by atoms with E-state index in [0.29, 0.717) is 0 Å². The summed E-state index contributed by atoms with van der Waals surface area (Å²) in [7, 11) is 1.18. The largest absolute Gasteiger partial charge is 0.469 e. The molecule has 0 saturated heterocycles. The Morgan fingerprint density at radius 2 is 2.12 bits per heavy atom. The van der Waals surface area contributed by atoms with Gasteiger partial charge < -0.3 is 10.5 Å². The maximum atomic E-state index is 13.5. The van der Waals surface area contributed by atoms with E-state index >= 15 is 0 Å². The second-order valence-corrected chi connectivity index (χ2v) is 4.00. The van der Waals surface area contributed by atoms with Gasteiger partial charge in [-0.25, -0.2) is 8.78 Å². The molecule has 1 aromatic carbocycles. The van der Waals surface area contributed by atoms with Crippen LogP contribution in [0.2, 0.25) is 0 Å². The van der Waals surface area contributed by atoms with Crippen LogP contribution in [-0.4, -0.2) is 13.1 Å². The lowest BCUT2D eigenvalue weighted by Crippen LogP contribution is -2.19. The van der Waals surface area contributed by atoms with Crippen molar-refractivity contribution in [2.45, 2.75) is 12.5 Å². The standard InChI is InChI=1S/C10H10BrF2NO2.ClH/c1-16-8(15)4-7(14)9-6(12)3-2-5(11)10(9)13;/h2-3,7H,4,14H2,1H3;1H/t7-;/m1./s1. The molecule has 0 aliphatic heterocycles. The van der Waals surface area contributed by atoms with E-state index < -0.39 is 23.6 Å². The van der Waals surface area contributed by atoms with Gasteiger partial charge in [-0.05, 0) is 28.1 Å². The van der Waals surface area contributed by atoms with Crippen LogP contribution in [-0.2, 0) is 9.53 Å². The van der Waals surface area contributed by atoms with E-state index in [4.69, 9.17) is 5.73 Å². The Morgan fingerprint density at radius 1 is 1.53 bits per heavy atom. The summed E-state index contributed by atoms with van der Waals surface area (Å²) in [4.78, 5) is 10.9. The zero-order valence-electron chi connectivity index (χ0n) is 8.88. The van der Waals surface area contributed by atoms with Gasteiger partial charge in [-0.1, -0.05) is 0 Å². The Morgan fingerprint density at radius 3 is 2.65 bits per heavy atom. The Balaban J connectivity index is 0.00000256. The lowest BCUT2D eigenvalue weighted by molar-refractivity contribution is -0.141. The molecule has 0 aliphatic rings. The number of ether oxygens (including phenoxy) is 1. The average molecular weight is 331 g/mol. The molecule has 1 aromatic rings. The van der Waals surface area contributed by atoms with Crippen LogP contribution < -0.4 is 5.73 Å². The number of methoxy groups -OCH3 is 1. The second kappa shape index (κ2) is 6.88. The molecule has 0 amide bonds. The third-order valence-electron chi connectivity index (χ3n) is 2.06. The number of hydrogen-bond acceptors (Lipinski definition) is 3. The van der Waals surface area contributed by atoms with Gasteiger partial charge >= 0.3 is 5.97 Å². The number of carbonyl (C=O) groups excluding carboxylic acids is 1. The van der Waals surface area contributed by atoms with Crippen molar-refractivity contribution < 1.29 is 18.3 Å². The third-order valence-corrected chi connectivity index (χ3v) is 2.68. The van der Waals surface area contributed by atoms with Crippen LogP contribution in [0.1, 0.15) is 18.0 Å². The molecule has 0 bridgehead atoms. The smallest absolute Gasteiger partial charge is 0.307 e. The van der Waals surface area contributed by atoms with E-state index in [-0.39, 0.29) is 28.9 Å². The number of esters is 1. The van der Waals surface area contributed by atoms with Gasteiger partial charge in [0.15, 0.2) is 0 Å². The molecular weight excluding hydrogens is 319 g/mol. The van der Waals surface area contributed by atoms with Gasteiger partial charge in [-0.15, -0.1) is 12.4 Å². The fourth-order valence-electron chi connectivity index (χ4n) is 1.25. The molecule has 17 heavy (non-hydrogen) atoms. The number of benzene rings is 1. The number of carbonyl (C=O) groups is 1. The first-order valence-electron chi connectivity index (χ1n) is 4.43. The van der Waals surface area contributed by atoms with Crippen molar-refractivity contribution in [2.24, 2.45) is 5.73 Å². The molecule has 0 heterocycles. The van der Waals surface area contributed by atoms with Crippen LogP contribution in [0.4, 0.5) is 8.78 Å². The average Bonchev–Trinajstić information content (AvgIpc) is 2.24. The minimum atomic E-state index is -1.06. The zero-order valence-corrected chi connectivity index (χ0v) is 11.3. The van der Waals surface area contributed by atoms with Gasteiger partial charge in [0.2, 0.25) is 0 Å². The summed E-state index contributed by atoms with van der Waals surface area (Å²) >= 11 is 2.92. The highest BCUT2D eigenvalue weighted by molar-refractivity contribution is 9.10. The van der Waals surface area contributed by atoms with Crippen LogP contribution in [0.5, 0.6) is 0 Å². The molecule has 0 spiro atoms. The minimum Gasteiger partial charge on any atom is -0.469 e. The lowest BCUT2D eigenvalue weighted by Gasteiger charge is -2.13. The highest BCUT2D eigenvalue weighted by Gasteiger charge is 2.21. The molecule has 3 nitrogen and oxygen atoms in total. The molecule has 0 aliphatic carbocycles. The predicted molar refractivity (Wildman–Crippen MR) is 64.9 cm³/mol. The SMILES string of the molecule is COC(=O)C[C@@H](N)c1c(F)ccc(Br)c1F.Cl. The highest BCUT2D eigenvalue weighted by atomic mass is 79.9. The maximum Gasteiger partial charge on any atom is 0.307 e. The Labute approximate surface area is 112 Å². The molecule has 1 rings (SSSR count). The third kappa shape index (κ3) is 3.90. The molecule has 0 unspecified atom stereocenters. The highest BCUT2D eigenvalue weighted by Crippen LogP contribution is 2.27. The van der Waals surface area contributed by atoms with Crippen LogP contribution in [0.3, 0.4) is 0 Å². The summed E-state index contributed by atoms with van der Waals surface area (Å²) in [6.07, 6.45) is -0.277. The first-order chi connectivity index (χ1) is 7.47. The Bertz CT molecular complexity index is 418. The zero-order chi connectivity index (χ0) is 12.3. The molecule has 0 aromatic heterocycles. The summed E-state index contributed by atoms with van der Waals surface area (Å²) in [5.41, 5.74) is 5.22. The molecule has 7 heteroatoms. The van der Waals surface area contributed by atoms with E-state index in [0.717, 1.165) is 6.07 Å². The van der Waals surface area contributed by atoms with Crippen molar-refractivity contribution in [1.29, 1.82) is 0 Å². The van der Waals surface area contributed by atoms with Crippen LogP contribution in [0.25, 0.3) is 0 Å². The van der Waals surface area contributed by atoms with Gasteiger partial charge in [0.1, 0.15) is 11.6 Å². The fraction of sp³-hybridized carbons (Fsp3) is 0.300. The molecule has 0 saturated carbocycles. The predicted octanol–water partition coefficient (Wildman–Crippen LogP) is 2.71. The first kappa shape index (κ1) is 16.3. The first-order valence-corrected chi connectivity index (χ1v) is 5.22. The summed E-state index contributed by atoms with van der Waals surface area (Å²) in [5.74, 6) is -2.19. The minimum absolute atomic E-state index is 0.